The van der Waals surface area contributed by atoms with Crippen LogP contribution in [0.4, 0.5) is 0 Å². The van der Waals surface area contributed by atoms with Crippen LogP contribution in [0.15, 0.2) is 82.3 Å². The number of carbonyl (C=O) groups excluding carboxylic acids is 1. The first-order valence-corrected chi connectivity index (χ1v) is 11.8. The number of hydrogen-bond donors (Lipinski definition) is 1. The molecule has 2 N–H and O–H groups in total. The molecule has 7 heteroatoms. The van der Waals surface area contributed by atoms with E-state index in [0.717, 1.165) is 22.0 Å². The molecule has 3 aromatic carbocycles. The summed E-state index contributed by atoms with van der Waals surface area (Å²) in [6.07, 6.45) is 2.80. The number of amides is 1. The SMILES string of the molecule is CS(=O)(=O)c1ccccc1Cn1c2cc(-c3ccco3)c[c]c2c2c(C(N)=O)cccc21. The van der Waals surface area contributed by atoms with E-state index in [-0.39, 0.29) is 4.90 Å². The summed E-state index contributed by atoms with van der Waals surface area (Å²) in [5, 5.41) is 1.43. The molecule has 2 aromatic heterocycles. The molecule has 32 heavy (non-hydrogen) atoms. The molecule has 0 bridgehead atoms. The smallest absolute Gasteiger partial charge is 0.249 e. The number of benzene rings is 3. The molecule has 0 aliphatic heterocycles. The van der Waals surface area contributed by atoms with Crippen LogP contribution in [-0.4, -0.2) is 25.1 Å². The zero-order valence-corrected chi connectivity index (χ0v) is 18.0. The standard InChI is InChI=1S/C25H19N2O4S/c1-32(29,30)23-10-3-2-6-17(23)15-27-20-8-4-7-19(25(26)28)24(20)18-12-11-16(14-21(18)27)22-9-5-13-31-22/h2-11,13-14H,15H2,1H3,(H2,26,28). The van der Waals surface area contributed by atoms with Crippen LogP contribution in [0.25, 0.3) is 33.1 Å². The predicted octanol–water partition coefficient (Wildman–Crippen LogP) is 4.41. The average Bonchev–Trinajstić information content (AvgIpc) is 3.40. The lowest BCUT2D eigenvalue weighted by atomic mass is 10.0. The van der Waals surface area contributed by atoms with Gasteiger partial charge in [0.2, 0.25) is 5.91 Å². The fourth-order valence-corrected chi connectivity index (χ4v) is 5.12. The molecular formula is C25H19N2O4S. The minimum absolute atomic E-state index is 0.271. The highest BCUT2D eigenvalue weighted by molar-refractivity contribution is 7.90. The number of sulfone groups is 1. The quantitative estimate of drug-likeness (QED) is 0.435. The molecule has 0 aliphatic rings. The van der Waals surface area contributed by atoms with Gasteiger partial charge in [-0.2, -0.15) is 0 Å². The summed E-state index contributed by atoms with van der Waals surface area (Å²) < 4.78 is 32.3. The second kappa shape index (κ2) is 7.39. The number of hydrogen-bond acceptors (Lipinski definition) is 4. The van der Waals surface area contributed by atoms with Crippen LogP contribution < -0.4 is 5.73 Å². The lowest BCUT2D eigenvalue weighted by Gasteiger charge is -2.12. The number of furan rings is 1. The summed E-state index contributed by atoms with van der Waals surface area (Å²) in [5.41, 5.74) is 9.10. The third-order valence-corrected chi connectivity index (χ3v) is 6.76. The summed E-state index contributed by atoms with van der Waals surface area (Å²) in [6, 6.07) is 23.0. The van der Waals surface area contributed by atoms with Crippen molar-refractivity contribution in [3.8, 4) is 11.3 Å². The Morgan fingerprint density at radius 1 is 1.06 bits per heavy atom. The molecule has 0 saturated heterocycles. The van der Waals surface area contributed by atoms with E-state index in [4.69, 9.17) is 10.2 Å². The largest absolute Gasteiger partial charge is 0.464 e. The minimum atomic E-state index is -3.42. The van der Waals surface area contributed by atoms with E-state index in [2.05, 4.69) is 6.07 Å². The maximum absolute atomic E-state index is 12.4. The van der Waals surface area contributed by atoms with Gasteiger partial charge in [0.15, 0.2) is 9.84 Å². The number of fused-ring (bicyclic) bond motifs is 3. The van der Waals surface area contributed by atoms with Crippen molar-refractivity contribution >= 4 is 37.6 Å². The van der Waals surface area contributed by atoms with Crippen molar-refractivity contribution in [3.63, 3.8) is 0 Å². The maximum atomic E-state index is 12.4. The van der Waals surface area contributed by atoms with Crippen LogP contribution in [0.2, 0.25) is 0 Å². The van der Waals surface area contributed by atoms with E-state index < -0.39 is 15.7 Å². The first-order chi connectivity index (χ1) is 15.3. The molecule has 0 saturated carbocycles. The number of nitrogens with two attached hydrogens (primary N) is 1. The van der Waals surface area contributed by atoms with Gasteiger partial charge in [0.05, 0.1) is 22.2 Å². The van der Waals surface area contributed by atoms with Crippen LogP contribution in [-0.2, 0) is 16.4 Å². The minimum Gasteiger partial charge on any atom is -0.464 e. The first kappa shape index (κ1) is 20.1. The summed E-state index contributed by atoms with van der Waals surface area (Å²) in [7, 11) is -3.42. The molecule has 0 spiro atoms. The Balaban J connectivity index is 1.83. The van der Waals surface area contributed by atoms with Gasteiger partial charge in [0.1, 0.15) is 5.76 Å². The van der Waals surface area contributed by atoms with Crippen molar-refractivity contribution in [3.05, 3.63) is 90.2 Å². The van der Waals surface area contributed by atoms with Crippen LogP contribution in [0, 0.1) is 6.07 Å². The summed E-state index contributed by atoms with van der Waals surface area (Å²) in [5.74, 6) is 0.154. The number of nitrogens with zero attached hydrogens (tertiary/aromatic N) is 1. The lowest BCUT2D eigenvalue weighted by Crippen LogP contribution is -2.11. The molecule has 0 atom stereocenters. The third-order valence-electron chi connectivity index (χ3n) is 5.57. The van der Waals surface area contributed by atoms with Gasteiger partial charge in [-0.15, -0.1) is 0 Å². The first-order valence-electron chi connectivity index (χ1n) is 9.93. The average molecular weight is 444 g/mol. The summed E-state index contributed by atoms with van der Waals surface area (Å²) >= 11 is 0. The molecule has 1 radical (unpaired) electrons. The predicted molar refractivity (Wildman–Crippen MR) is 123 cm³/mol. The molecule has 0 aliphatic carbocycles. The molecule has 1 amide bonds. The Bertz CT molecular complexity index is 1600. The van der Waals surface area contributed by atoms with Crippen molar-refractivity contribution in [2.24, 2.45) is 5.73 Å². The van der Waals surface area contributed by atoms with Crippen molar-refractivity contribution in [2.75, 3.05) is 6.26 Å². The summed E-state index contributed by atoms with van der Waals surface area (Å²) in [4.78, 5) is 12.4. The Hall–Kier alpha value is -3.84. The second-order valence-corrected chi connectivity index (χ2v) is 9.64. The van der Waals surface area contributed by atoms with Gasteiger partial charge in [0, 0.05) is 34.7 Å². The van der Waals surface area contributed by atoms with Gasteiger partial charge in [-0.1, -0.05) is 24.3 Å². The fourth-order valence-electron chi connectivity index (χ4n) is 4.18. The Morgan fingerprint density at radius 2 is 1.88 bits per heavy atom. The van der Waals surface area contributed by atoms with Crippen LogP contribution >= 0.6 is 0 Å². The van der Waals surface area contributed by atoms with Gasteiger partial charge >= 0.3 is 0 Å². The normalized spacial score (nSPS) is 11.9. The Kier molecular flexibility index (Phi) is 4.64. The van der Waals surface area contributed by atoms with Crippen molar-refractivity contribution < 1.29 is 17.6 Å². The van der Waals surface area contributed by atoms with Gasteiger partial charge < -0.3 is 14.7 Å². The van der Waals surface area contributed by atoms with E-state index >= 15 is 0 Å². The topological polar surface area (TPSA) is 95.3 Å². The Labute approximate surface area is 184 Å². The lowest BCUT2D eigenvalue weighted by molar-refractivity contribution is 0.100. The molecule has 159 valence electrons. The third kappa shape index (κ3) is 3.27. The van der Waals surface area contributed by atoms with Crippen molar-refractivity contribution in [1.29, 1.82) is 0 Å². The maximum Gasteiger partial charge on any atom is 0.249 e. The number of carbonyl (C=O) groups is 1. The van der Waals surface area contributed by atoms with Gasteiger partial charge in [-0.05, 0) is 54.1 Å². The molecule has 2 heterocycles. The highest BCUT2D eigenvalue weighted by Gasteiger charge is 2.20. The monoisotopic (exact) mass is 443 g/mol. The van der Waals surface area contributed by atoms with E-state index in [1.54, 1.807) is 36.6 Å². The van der Waals surface area contributed by atoms with Crippen molar-refractivity contribution in [1.82, 2.24) is 4.57 Å². The number of primary amides is 1. The second-order valence-electron chi connectivity index (χ2n) is 7.66. The molecule has 6 nitrogen and oxygen atoms in total. The highest BCUT2D eigenvalue weighted by Crippen LogP contribution is 2.35. The van der Waals surface area contributed by atoms with Gasteiger partial charge in [-0.25, -0.2) is 8.42 Å². The molecule has 5 rings (SSSR count). The van der Waals surface area contributed by atoms with Crippen LogP contribution in [0.1, 0.15) is 15.9 Å². The zero-order valence-electron chi connectivity index (χ0n) is 17.2. The fraction of sp³-hybridized carbons (Fsp3) is 0.0800. The highest BCUT2D eigenvalue weighted by atomic mass is 32.2. The molecule has 0 unspecified atom stereocenters. The molecule has 5 aromatic rings. The van der Waals surface area contributed by atoms with E-state index in [1.165, 1.54) is 6.26 Å². The number of rotatable bonds is 5. The number of aromatic nitrogens is 1. The summed E-state index contributed by atoms with van der Waals surface area (Å²) in [6.45, 7) is 0.293. The van der Waals surface area contributed by atoms with Crippen molar-refractivity contribution in [2.45, 2.75) is 11.4 Å². The van der Waals surface area contributed by atoms with Crippen LogP contribution in [0.5, 0.6) is 0 Å². The van der Waals surface area contributed by atoms with Gasteiger partial charge in [0.25, 0.3) is 0 Å². The van der Waals surface area contributed by atoms with Gasteiger partial charge in [-0.3, -0.25) is 4.79 Å². The van der Waals surface area contributed by atoms with E-state index in [1.807, 2.05) is 41.0 Å². The van der Waals surface area contributed by atoms with Crippen LogP contribution in [0.3, 0.4) is 0 Å². The van der Waals surface area contributed by atoms with E-state index in [0.29, 0.717) is 28.8 Å². The molecular weight excluding hydrogens is 424 g/mol. The molecule has 0 fully saturated rings. The zero-order chi connectivity index (χ0) is 22.5. The Morgan fingerprint density at radius 3 is 2.59 bits per heavy atom. The van der Waals surface area contributed by atoms with E-state index in [9.17, 15) is 13.2 Å².